The van der Waals surface area contributed by atoms with Crippen LogP contribution in [0.5, 0.6) is 0 Å². The Morgan fingerprint density at radius 1 is 1.20 bits per heavy atom. The number of aryl methyl sites for hydroxylation is 2. The number of carbonyl (C=O) groups is 1. The van der Waals surface area contributed by atoms with Crippen LogP contribution in [-0.4, -0.2) is 42.7 Å². The standard InChI is InChI=1S/C17H22N4O3S/c1-21(2)25(23,24)13-9-7-12(8-10-13)17(22)18-11-16-19-14-5-3-4-6-15(14)20-16/h7-10H,3-6,11H2,1-2H3,(H,18,22)(H,19,20). The number of H-pyrrole nitrogens is 1. The van der Waals surface area contributed by atoms with Crippen LogP contribution in [0, 0.1) is 0 Å². The number of aromatic amines is 1. The van der Waals surface area contributed by atoms with Crippen molar-refractivity contribution in [2.45, 2.75) is 37.1 Å². The number of hydrogen-bond donors (Lipinski definition) is 2. The molecule has 0 aliphatic heterocycles. The summed E-state index contributed by atoms with van der Waals surface area (Å²) in [6, 6.07) is 5.91. The van der Waals surface area contributed by atoms with Crippen molar-refractivity contribution in [2.75, 3.05) is 14.1 Å². The summed E-state index contributed by atoms with van der Waals surface area (Å²) in [5.74, 6) is 0.496. The fourth-order valence-corrected chi connectivity index (χ4v) is 3.75. The van der Waals surface area contributed by atoms with E-state index in [2.05, 4.69) is 15.3 Å². The van der Waals surface area contributed by atoms with Crippen LogP contribution < -0.4 is 5.32 Å². The molecule has 0 atom stereocenters. The SMILES string of the molecule is CN(C)S(=O)(=O)c1ccc(C(=O)NCc2nc3c([nH]2)CCCC3)cc1. The highest BCUT2D eigenvalue weighted by molar-refractivity contribution is 7.89. The molecule has 0 radical (unpaired) electrons. The van der Waals surface area contributed by atoms with E-state index in [9.17, 15) is 13.2 Å². The van der Waals surface area contributed by atoms with E-state index in [1.807, 2.05) is 0 Å². The molecule has 2 N–H and O–H groups in total. The molecule has 25 heavy (non-hydrogen) atoms. The lowest BCUT2D eigenvalue weighted by molar-refractivity contribution is 0.0950. The maximum atomic E-state index is 12.2. The van der Waals surface area contributed by atoms with Crippen molar-refractivity contribution in [3.05, 3.63) is 47.0 Å². The van der Waals surface area contributed by atoms with E-state index in [-0.39, 0.29) is 10.8 Å². The smallest absolute Gasteiger partial charge is 0.251 e. The molecule has 1 amide bonds. The number of rotatable bonds is 5. The van der Waals surface area contributed by atoms with Gasteiger partial charge in [-0.05, 0) is 49.9 Å². The molecule has 1 aliphatic carbocycles. The number of hydrogen-bond acceptors (Lipinski definition) is 4. The lowest BCUT2D eigenvalue weighted by Crippen LogP contribution is -2.24. The minimum Gasteiger partial charge on any atom is -0.345 e. The normalized spacial score (nSPS) is 14.4. The summed E-state index contributed by atoms with van der Waals surface area (Å²) in [4.78, 5) is 20.2. The lowest BCUT2D eigenvalue weighted by Gasteiger charge is -2.11. The van der Waals surface area contributed by atoms with Gasteiger partial charge in [-0.1, -0.05) is 0 Å². The first-order valence-corrected chi connectivity index (χ1v) is 9.69. The first-order chi connectivity index (χ1) is 11.9. The number of benzene rings is 1. The molecule has 2 aromatic rings. The van der Waals surface area contributed by atoms with Crippen LogP contribution in [0.25, 0.3) is 0 Å². The summed E-state index contributed by atoms with van der Waals surface area (Å²) < 4.78 is 25.2. The Balaban J connectivity index is 1.64. The Morgan fingerprint density at radius 2 is 1.88 bits per heavy atom. The fraction of sp³-hybridized carbons (Fsp3) is 0.412. The number of carbonyl (C=O) groups excluding carboxylic acids is 1. The average molecular weight is 362 g/mol. The Morgan fingerprint density at radius 3 is 2.52 bits per heavy atom. The fourth-order valence-electron chi connectivity index (χ4n) is 2.85. The zero-order chi connectivity index (χ0) is 18.0. The van der Waals surface area contributed by atoms with Gasteiger partial charge >= 0.3 is 0 Å². The molecule has 134 valence electrons. The Kier molecular flexibility index (Phi) is 4.91. The van der Waals surface area contributed by atoms with Gasteiger partial charge in [-0.15, -0.1) is 0 Å². The van der Waals surface area contributed by atoms with Crippen molar-refractivity contribution < 1.29 is 13.2 Å². The summed E-state index contributed by atoms with van der Waals surface area (Å²) >= 11 is 0. The molecule has 1 aromatic heterocycles. The van der Waals surface area contributed by atoms with E-state index >= 15 is 0 Å². The molecule has 8 heteroatoms. The minimum absolute atomic E-state index is 0.160. The summed E-state index contributed by atoms with van der Waals surface area (Å²) in [6.07, 6.45) is 4.33. The van der Waals surface area contributed by atoms with Crippen molar-refractivity contribution in [1.82, 2.24) is 19.6 Å². The molecule has 1 aliphatic rings. The molecule has 0 saturated heterocycles. The molecule has 7 nitrogen and oxygen atoms in total. The predicted octanol–water partition coefficient (Wildman–Crippen LogP) is 1.47. The summed E-state index contributed by atoms with van der Waals surface area (Å²) in [5, 5.41) is 2.81. The maximum Gasteiger partial charge on any atom is 0.251 e. The van der Waals surface area contributed by atoms with E-state index in [4.69, 9.17) is 0 Å². The number of imidazole rings is 1. The van der Waals surface area contributed by atoms with Gasteiger partial charge in [0.1, 0.15) is 5.82 Å². The first-order valence-electron chi connectivity index (χ1n) is 8.25. The third-order valence-corrected chi connectivity index (χ3v) is 6.14. The first kappa shape index (κ1) is 17.6. The maximum absolute atomic E-state index is 12.2. The highest BCUT2D eigenvalue weighted by Crippen LogP contribution is 2.18. The highest BCUT2D eigenvalue weighted by atomic mass is 32.2. The minimum atomic E-state index is -3.49. The molecule has 1 heterocycles. The van der Waals surface area contributed by atoms with E-state index in [1.165, 1.54) is 50.5 Å². The zero-order valence-electron chi connectivity index (χ0n) is 14.4. The van der Waals surface area contributed by atoms with Gasteiger partial charge in [0.05, 0.1) is 17.1 Å². The van der Waals surface area contributed by atoms with E-state index in [1.54, 1.807) is 0 Å². The average Bonchev–Trinajstić information content (AvgIpc) is 3.02. The van der Waals surface area contributed by atoms with E-state index in [0.717, 1.165) is 35.1 Å². The second kappa shape index (κ2) is 6.97. The molecule has 0 fully saturated rings. The second-order valence-corrected chi connectivity index (χ2v) is 8.46. The van der Waals surface area contributed by atoms with Gasteiger partial charge in [0.15, 0.2) is 0 Å². The zero-order valence-corrected chi connectivity index (χ0v) is 15.2. The number of aromatic nitrogens is 2. The van der Waals surface area contributed by atoms with Crippen molar-refractivity contribution in [1.29, 1.82) is 0 Å². The van der Waals surface area contributed by atoms with Crippen LogP contribution in [0.2, 0.25) is 0 Å². The predicted molar refractivity (Wildman–Crippen MR) is 93.7 cm³/mol. The van der Waals surface area contributed by atoms with E-state index < -0.39 is 10.0 Å². The van der Waals surface area contributed by atoms with Crippen LogP contribution in [0.4, 0.5) is 0 Å². The van der Waals surface area contributed by atoms with Gasteiger partial charge in [-0.25, -0.2) is 17.7 Å². The van der Waals surface area contributed by atoms with Gasteiger partial charge in [0.2, 0.25) is 10.0 Å². The third-order valence-electron chi connectivity index (χ3n) is 4.32. The molecular weight excluding hydrogens is 340 g/mol. The van der Waals surface area contributed by atoms with Gasteiger partial charge < -0.3 is 10.3 Å². The molecule has 0 saturated carbocycles. The number of amides is 1. The molecule has 3 rings (SSSR count). The lowest BCUT2D eigenvalue weighted by atomic mass is 10.0. The number of nitrogens with zero attached hydrogens (tertiary/aromatic N) is 2. The van der Waals surface area contributed by atoms with Crippen LogP contribution >= 0.6 is 0 Å². The number of sulfonamides is 1. The van der Waals surface area contributed by atoms with Crippen molar-refractivity contribution in [3.8, 4) is 0 Å². The van der Waals surface area contributed by atoms with Crippen LogP contribution in [0.3, 0.4) is 0 Å². The highest BCUT2D eigenvalue weighted by Gasteiger charge is 2.18. The summed E-state index contributed by atoms with van der Waals surface area (Å²) in [6.45, 7) is 0.323. The molecule has 0 unspecified atom stereocenters. The van der Waals surface area contributed by atoms with Crippen LogP contribution in [0.1, 0.15) is 40.4 Å². The molecular formula is C17H22N4O3S. The number of nitrogens with one attached hydrogen (secondary N) is 2. The Bertz CT molecular complexity index is 846. The quantitative estimate of drug-likeness (QED) is 0.842. The Labute approximate surface area is 147 Å². The number of fused-ring (bicyclic) bond motifs is 1. The van der Waals surface area contributed by atoms with Gasteiger partial charge in [0, 0.05) is 25.4 Å². The largest absolute Gasteiger partial charge is 0.345 e. The molecule has 0 spiro atoms. The topological polar surface area (TPSA) is 95.2 Å². The molecule has 1 aromatic carbocycles. The van der Waals surface area contributed by atoms with Crippen molar-refractivity contribution in [3.63, 3.8) is 0 Å². The van der Waals surface area contributed by atoms with Gasteiger partial charge in [0.25, 0.3) is 5.91 Å². The monoisotopic (exact) mass is 362 g/mol. The van der Waals surface area contributed by atoms with Crippen LogP contribution in [0.15, 0.2) is 29.2 Å². The van der Waals surface area contributed by atoms with Gasteiger partial charge in [-0.3, -0.25) is 4.79 Å². The van der Waals surface area contributed by atoms with Crippen molar-refractivity contribution >= 4 is 15.9 Å². The second-order valence-electron chi connectivity index (χ2n) is 6.31. The van der Waals surface area contributed by atoms with E-state index in [0.29, 0.717) is 12.1 Å². The Hall–Kier alpha value is -2.19. The van der Waals surface area contributed by atoms with Crippen LogP contribution in [-0.2, 0) is 29.4 Å². The third kappa shape index (κ3) is 3.74. The van der Waals surface area contributed by atoms with Gasteiger partial charge in [-0.2, -0.15) is 0 Å². The van der Waals surface area contributed by atoms with Crippen molar-refractivity contribution in [2.24, 2.45) is 0 Å². The molecule has 0 bridgehead atoms. The summed E-state index contributed by atoms with van der Waals surface area (Å²) in [5.41, 5.74) is 2.69. The summed E-state index contributed by atoms with van der Waals surface area (Å²) in [7, 11) is -0.548.